The Morgan fingerprint density at radius 2 is 2.06 bits per heavy atom. The molecule has 2 heterocycles. The molecule has 0 amide bonds. The molecule has 0 aromatic rings. The van der Waals surface area contributed by atoms with Crippen molar-refractivity contribution < 1.29 is 14.3 Å². The number of ketones is 1. The summed E-state index contributed by atoms with van der Waals surface area (Å²) < 4.78 is 11.7. The SMILES string of the molecule is CC(I)(C(=O)OC1CCC(=O)CC1)C12NI1N2. The number of carbonyl (C=O) groups is 2. The van der Waals surface area contributed by atoms with Crippen molar-refractivity contribution in [3.05, 3.63) is 0 Å². The van der Waals surface area contributed by atoms with Gasteiger partial charge in [-0.25, -0.2) is 0 Å². The van der Waals surface area contributed by atoms with Gasteiger partial charge in [-0.3, -0.25) is 0 Å². The quantitative estimate of drug-likeness (QED) is 0.165. The van der Waals surface area contributed by atoms with Crippen molar-refractivity contribution in [3.63, 3.8) is 0 Å². The van der Waals surface area contributed by atoms with Crippen molar-refractivity contribution in [3.8, 4) is 0 Å². The zero-order valence-corrected chi connectivity index (χ0v) is 13.7. The van der Waals surface area contributed by atoms with Gasteiger partial charge in [0, 0.05) is 0 Å². The minimum atomic E-state index is -1.13. The van der Waals surface area contributed by atoms with Crippen LogP contribution >= 0.6 is 43.0 Å². The Kier molecular flexibility index (Phi) is 2.96. The molecule has 1 saturated carbocycles. The Labute approximate surface area is 121 Å². The summed E-state index contributed by atoms with van der Waals surface area (Å²) in [6.45, 7) is 1.92. The van der Waals surface area contributed by atoms with Crippen LogP contribution < -0.4 is 7.06 Å². The van der Waals surface area contributed by atoms with Gasteiger partial charge in [0.15, 0.2) is 0 Å². The molecule has 0 radical (unpaired) electrons. The minimum absolute atomic E-state index is 0.0644. The summed E-state index contributed by atoms with van der Waals surface area (Å²) in [6.07, 6.45) is 2.41. The molecule has 3 aliphatic rings. The Balaban J connectivity index is 1.58. The Bertz CT molecular complexity index is 383. The molecule has 3 fully saturated rings. The fourth-order valence-electron chi connectivity index (χ4n) is 2.01. The molecule has 5 nitrogen and oxygen atoms in total. The standard InChI is InChI=1S/C10H14I2N2O3/c1-9(11,10-12(13-10)14-10)8(16)17-7-4-2-6(15)3-5-7/h7,13-14H,2-5H2,1H3. The van der Waals surface area contributed by atoms with Gasteiger partial charge >= 0.3 is 122 Å². The zero-order chi connectivity index (χ0) is 12.3. The topological polar surface area (TPSA) is 87.2 Å². The molecular weight excluding hydrogens is 450 g/mol. The van der Waals surface area contributed by atoms with Crippen molar-refractivity contribution in [2.24, 2.45) is 0 Å². The van der Waals surface area contributed by atoms with E-state index in [1.165, 1.54) is 0 Å². The van der Waals surface area contributed by atoms with E-state index in [-0.39, 0.29) is 21.5 Å². The van der Waals surface area contributed by atoms with Crippen LogP contribution in [0.4, 0.5) is 0 Å². The van der Waals surface area contributed by atoms with E-state index in [4.69, 9.17) is 4.74 Å². The molecule has 1 aliphatic carbocycles. The second-order valence-electron chi connectivity index (χ2n) is 4.78. The number of ether oxygens (including phenoxy) is 1. The van der Waals surface area contributed by atoms with Gasteiger partial charge in [0.25, 0.3) is 0 Å². The number of rotatable bonds is 3. The summed E-state index contributed by atoms with van der Waals surface area (Å²) in [6, 6.07) is 0. The summed E-state index contributed by atoms with van der Waals surface area (Å²) in [7, 11) is 0. The van der Waals surface area contributed by atoms with Crippen LogP contribution in [0.15, 0.2) is 0 Å². The summed E-state index contributed by atoms with van der Waals surface area (Å²) in [4.78, 5) is 23.3. The van der Waals surface area contributed by atoms with E-state index in [0.717, 1.165) is 0 Å². The number of nitrogens with one attached hydrogen (secondary N) is 2. The van der Waals surface area contributed by atoms with E-state index in [0.29, 0.717) is 25.7 Å². The van der Waals surface area contributed by atoms with E-state index in [2.05, 4.69) is 29.7 Å². The first-order chi connectivity index (χ1) is 7.96. The molecule has 2 saturated heterocycles. The fourth-order valence-corrected chi connectivity index (χ4v) is 9.77. The van der Waals surface area contributed by atoms with Gasteiger partial charge in [0.05, 0.1) is 0 Å². The second-order valence-corrected chi connectivity index (χ2v) is 11.2. The van der Waals surface area contributed by atoms with E-state index in [9.17, 15) is 9.59 Å². The Hall–Kier alpha value is 0.520. The van der Waals surface area contributed by atoms with Crippen LogP contribution in [0.1, 0.15) is 32.6 Å². The number of halogens is 2. The molecule has 0 spiro atoms. The summed E-state index contributed by atoms with van der Waals surface area (Å²) >= 11 is 1.06. The van der Waals surface area contributed by atoms with Crippen LogP contribution in [-0.4, -0.2) is 24.9 Å². The van der Waals surface area contributed by atoms with Crippen molar-refractivity contribution >= 4 is 54.7 Å². The zero-order valence-electron chi connectivity index (χ0n) is 9.39. The summed E-state index contributed by atoms with van der Waals surface area (Å²) in [5.74, 6) is 0.143. The van der Waals surface area contributed by atoms with E-state index in [1.807, 2.05) is 6.92 Å². The molecule has 17 heavy (non-hydrogen) atoms. The van der Waals surface area contributed by atoms with Crippen molar-refractivity contribution in [1.29, 1.82) is 0 Å². The van der Waals surface area contributed by atoms with Crippen LogP contribution in [0, 0.1) is 0 Å². The number of hydrogen-bond acceptors (Lipinski definition) is 5. The van der Waals surface area contributed by atoms with Crippen LogP contribution in [0.3, 0.4) is 0 Å². The average Bonchev–Trinajstić information content (AvgIpc) is 3.08. The monoisotopic (exact) mass is 464 g/mol. The number of Topliss-reactive ketones (excluding diaryl/α,β-unsaturated/α-hetero) is 1. The third-order valence-electron chi connectivity index (χ3n) is 3.46. The van der Waals surface area contributed by atoms with Crippen molar-refractivity contribution in [2.45, 2.75) is 45.8 Å². The fraction of sp³-hybridized carbons (Fsp3) is 0.800. The molecule has 0 bridgehead atoms. The molecule has 0 aromatic heterocycles. The molecule has 2 N–H and O–H groups in total. The molecule has 7 heteroatoms. The van der Waals surface area contributed by atoms with Gasteiger partial charge in [0.1, 0.15) is 0 Å². The predicted molar refractivity (Wildman–Crippen MR) is 78.8 cm³/mol. The van der Waals surface area contributed by atoms with E-state index < -0.39 is 23.8 Å². The van der Waals surface area contributed by atoms with Gasteiger partial charge in [-0.05, 0) is 0 Å². The first-order valence-electron chi connectivity index (χ1n) is 5.63. The first-order valence-corrected chi connectivity index (χ1v) is 9.94. The van der Waals surface area contributed by atoms with Crippen molar-refractivity contribution in [2.75, 3.05) is 0 Å². The van der Waals surface area contributed by atoms with E-state index >= 15 is 0 Å². The Morgan fingerprint density at radius 1 is 1.53 bits per heavy atom. The molecule has 96 valence electrons. The molecule has 1 unspecified atom stereocenters. The number of fused-ring (bicyclic) bond motifs is 1. The van der Waals surface area contributed by atoms with Gasteiger partial charge in [-0.2, -0.15) is 0 Å². The van der Waals surface area contributed by atoms with E-state index in [1.54, 1.807) is 0 Å². The third-order valence-corrected chi connectivity index (χ3v) is 10.6. The Morgan fingerprint density at radius 3 is 2.53 bits per heavy atom. The predicted octanol–water partition coefficient (Wildman–Crippen LogP) is 1.43. The molecular formula is C10H14I2N2O3. The first kappa shape index (κ1) is 12.5. The second kappa shape index (κ2) is 4.01. The van der Waals surface area contributed by atoms with Crippen molar-refractivity contribution in [1.82, 2.24) is 7.06 Å². The molecule has 0 aromatic carbocycles. The van der Waals surface area contributed by atoms with Crippen LogP contribution in [-0.2, 0) is 14.3 Å². The van der Waals surface area contributed by atoms with Gasteiger partial charge in [-0.15, -0.1) is 0 Å². The van der Waals surface area contributed by atoms with Gasteiger partial charge in [0.2, 0.25) is 0 Å². The number of alkyl halides is 2. The molecule has 1 atom stereocenters. The van der Waals surface area contributed by atoms with Crippen LogP contribution in [0.2, 0.25) is 0 Å². The maximum absolute atomic E-state index is 12.2. The van der Waals surface area contributed by atoms with Crippen LogP contribution in [0.25, 0.3) is 0 Å². The molecule has 3 rings (SSSR count). The summed E-state index contributed by atoms with van der Waals surface area (Å²) in [5, 5.41) is 0. The third kappa shape index (κ3) is 2.02. The average molecular weight is 464 g/mol. The number of carbonyl (C=O) groups excluding carboxylic acids is 2. The number of esters is 1. The van der Waals surface area contributed by atoms with Crippen LogP contribution in [0.5, 0.6) is 0 Å². The molecule has 2 aliphatic heterocycles. The maximum atomic E-state index is 12.2. The number of hydrogen-bond donors (Lipinski definition) is 2. The van der Waals surface area contributed by atoms with Gasteiger partial charge < -0.3 is 0 Å². The summed E-state index contributed by atoms with van der Waals surface area (Å²) in [5.41, 5.74) is 0. The normalized spacial score (nSPS) is 31.4. The van der Waals surface area contributed by atoms with Gasteiger partial charge in [-0.1, -0.05) is 0 Å².